The SMILES string of the molecule is CCNC(=NCC1CCOc2ccccc21)NC1CC=CC1. The van der Waals surface area contributed by atoms with Crippen molar-refractivity contribution in [3.63, 3.8) is 0 Å². The molecule has 0 radical (unpaired) electrons. The number of fused-ring (bicyclic) bond motifs is 1. The summed E-state index contributed by atoms with van der Waals surface area (Å²) < 4.78 is 5.73. The summed E-state index contributed by atoms with van der Waals surface area (Å²) in [6, 6.07) is 8.82. The van der Waals surface area contributed by atoms with Gasteiger partial charge in [-0.1, -0.05) is 30.4 Å². The Labute approximate surface area is 132 Å². The maximum Gasteiger partial charge on any atom is 0.191 e. The normalized spacial score (nSPS) is 21.3. The number of nitrogens with zero attached hydrogens (tertiary/aromatic N) is 1. The molecule has 1 aliphatic heterocycles. The second-order valence-corrected chi connectivity index (χ2v) is 5.88. The smallest absolute Gasteiger partial charge is 0.191 e. The lowest BCUT2D eigenvalue weighted by atomic mass is 9.93. The second kappa shape index (κ2) is 7.34. The number of benzene rings is 1. The molecule has 0 bridgehead atoms. The molecule has 0 spiro atoms. The monoisotopic (exact) mass is 299 g/mol. The highest BCUT2D eigenvalue weighted by Gasteiger charge is 2.21. The van der Waals surface area contributed by atoms with Gasteiger partial charge < -0.3 is 15.4 Å². The molecule has 0 fully saturated rings. The Kier molecular flexibility index (Phi) is 4.99. The van der Waals surface area contributed by atoms with Crippen molar-refractivity contribution in [2.75, 3.05) is 19.7 Å². The highest BCUT2D eigenvalue weighted by atomic mass is 16.5. The standard InChI is InChI=1S/C18H25N3O/c1-2-19-18(21-15-7-3-4-8-15)20-13-14-11-12-22-17-10-6-5-9-16(14)17/h3-6,9-10,14-15H,2,7-8,11-13H2,1H3,(H2,19,20,21). The Balaban J connectivity index is 1.65. The zero-order valence-electron chi connectivity index (χ0n) is 13.2. The predicted molar refractivity (Wildman–Crippen MR) is 90.6 cm³/mol. The lowest BCUT2D eigenvalue weighted by Gasteiger charge is -2.25. The third-order valence-corrected chi connectivity index (χ3v) is 4.25. The Hall–Kier alpha value is -1.97. The number of hydrogen-bond acceptors (Lipinski definition) is 2. The van der Waals surface area contributed by atoms with Crippen LogP contribution in [0.4, 0.5) is 0 Å². The first-order chi connectivity index (χ1) is 10.9. The average molecular weight is 299 g/mol. The molecule has 1 aromatic carbocycles. The van der Waals surface area contributed by atoms with Crippen molar-refractivity contribution in [1.82, 2.24) is 10.6 Å². The van der Waals surface area contributed by atoms with E-state index in [-0.39, 0.29) is 0 Å². The van der Waals surface area contributed by atoms with Crippen LogP contribution < -0.4 is 15.4 Å². The number of rotatable bonds is 4. The summed E-state index contributed by atoms with van der Waals surface area (Å²) in [4.78, 5) is 4.81. The fraction of sp³-hybridized carbons (Fsp3) is 0.500. The topological polar surface area (TPSA) is 45.7 Å². The molecule has 2 aliphatic rings. The fourth-order valence-electron chi connectivity index (χ4n) is 3.06. The maximum atomic E-state index is 5.73. The highest BCUT2D eigenvalue weighted by molar-refractivity contribution is 5.80. The van der Waals surface area contributed by atoms with Crippen molar-refractivity contribution >= 4 is 5.96 Å². The summed E-state index contributed by atoms with van der Waals surface area (Å²) in [6.45, 7) is 4.58. The molecule has 118 valence electrons. The van der Waals surface area contributed by atoms with Gasteiger partial charge in [-0.3, -0.25) is 4.99 Å². The van der Waals surface area contributed by atoms with Crippen LogP contribution in [0.3, 0.4) is 0 Å². The highest BCUT2D eigenvalue weighted by Crippen LogP contribution is 2.33. The first kappa shape index (κ1) is 14.9. The summed E-state index contributed by atoms with van der Waals surface area (Å²) in [5.74, 6) is 2.40. The molecular formula is C18H25N3O. The van der Waals surface area contributed by atoms with Gasteiger partial charge in [-0.05, 0) is 37.8 Å². The molecule has 4 heteroatoms. The Morgan fingerprint density at radius 2 is 2.09 bits per heavy atom. The van der Waals surface area contributed by atoms with E-state index in [9.17, 15) is 0 Å². The van der Waals surface area contributed by atoms with Crippen molar-refractivity contribution in [2.24, 2.45) is 4.99 Å². The maximum absolute atomic E-state index is 5.73. The Bertz CT molecular complexity index is 545. The largest absolute Gasteiger partial charge is 0.493 e. The van der Waals surface area contributed by atoms with Crippen molar-refractivity contribution in [3.8, 4) is 5.75 Å². The number of ether oxygens (including phenoxy) is 1. The molecular weight excluding hydrogens is 274 g/mol. The van der Waals surface area contributed by atoms with Crippen LogP contribution in [0.1, 0.15) is 37.7 Å². The average Bonchev–Trinajstić information content (AvgIpc) is 3.06. The van der Waals surface area contributed by atoms with Gasteiger partial charge in [0.25, 0.3) is 0 Å². The molecule has 1 heterocycles. The molecule has 1 atom stereocenters. The first-order valence-corrected chi connectivity index (χ1v) is 8.28. The van der Waals surface area contributed by atoms with Crippen LogP contribution >= 0.6 is 0 Å². The Morgan fingerprint density at radius 1 is 1.27 bits per heavy atom. The van der Waals surface area contributed by atoms with Gasteiger partial charge in [0.1, 0.15) is 5.75 Å². The molecule has 0 saturated carbocycles. The van der Waals surface area contributed by atoms with Crippen LogP contribution in [0.15, 0.2) is 41.4 Å². The van der Waals surface area contributed by atoms with Crippen molar-refractivity contribution in [1.29, 1.82) is 0 Å². The van der Waals surface area contributed by atoms with E-state index in [1.54, 1.807) is 0 Å². The van der Waals surface area contributed by atoms with Crippen molar-refractivity contribution in [2.45, 2.75) is 38.1 Å². The minimum Gasteiger partial charge on any atom is -0.493 e. The van der Waals surface area contributed by atoms with E-state index in [1.807, 2.05) is 6.07 Å². The van der Waals surface area contributed by atoms with Gasteiger partial charge in [0.15, 0.2) is 5.96 Å². The van der Waals surface area contributed by atoms with Crippen LogP contribution in [-0.4, -0.2) is 31.7 Å². The Morgan fingerprint density at radius 3 is 2.91 bits per heavy atom. The minimum absolute atomic E-state index is 0.446. The third-order valence-electron chi connectivity index (χ3n) is 4.25. The van der Waals surface area contributed by atoms with Crippen LogP contribution in [0.5, 0.6) is 5.75 Å². The van der Waals surface area contributed by atoms with Gasteiger partial charge in [0, 0.05) is 25.0 Å². The third kappa shape index (κ3) is 3.62. The van der Waals surface area contributed by atoms with Gasteiger partial charge in [0.05, 0.1) is 6.61 Å². The molecule has 4 nitrogen and oxygen atoms in total. The van der Waals surface area contributed by atoms with E-state index in [0.29, 0.717) is 12.0 Å². The fourth-order valence-corrected chi connectivity index (χ4v) is 3.06. The predicted octanol–water partition coefficient (Wildman–Crippen LogP) is 2.83. The summed E-state index contributed by atoms with van der Waals surface area (Å²) in [5.41, 5.74) is 1.29. The molecule has 1 aliphatic carbocycles. The molecule has 2 N–H and O–H groups in total. The number of aliphatic imine (C=N–C) groups is 1. The second-order valence-electron chi connectivity index (χ2n) is 5.88. The van der Waals surface area contributed by atoms with Crippen LogP contribution in [-0.2, 0) is 0 Å². The number of nitrogens with one attached hydrogen (secondary N) is 2. The van der Waals surface area contributed by atoms with Crippen LogP contribution in [0.2, 0.25) is 0 Å². The van der Waals surface area contributed by atoms with Crippen molar-refractivity contribution < 1.29 is 4.74 Å². The van der Waals surface area contributed by atoms with Gasteiger partial charge >= 0.3 is 0 Å². The molecule has 0 aromatic heterocycles. The zero-order valence-corrected chi connectivity index (χ0v) is 13.2. The summed E-state index contributed by atoms with van der Waals surface area (Å²) in [6.07, 6.45) is 7.67. The number of para-hydroxylation sites is 1. The van der Waals surface area contributed by atoms with Gasteiger partial charge in [-0.2, -0.15) is 0 Å². The molecule has 3 rings (SSSR count). The molecule has 22 heavy (non-hydrogen) atoms. The van der Waals surface area contributed by atoms with Crippen molar-refractivity contribution in [3.05, 3.63) is 42.0 Å². The van der Waals surface area contributed by atoms with Gasteiger partial charge in [-0.25, -0.2) is 0 Å². The lowest BCUT2D eigenvalue weighted by molar-refractivity contribution is 0.269. The summed E-state index contributed by atoms with van der Waals surface area (Å²) >= 11 is 0. The molecule has 1 aromatic rings. The summed E-state index contributed by atoms with van der Waals surface area (Å²) in [5, 5.41) is 6.88. The van der Waals surface area contributed by atoms with Gasteiger partial charge in [0.2, 0.25) is 0 Å². The van der Waals surface area contributed by atoms with E-state index in [1.165, 1.54) is 5.56 Å². The van der Waals surface area contributed by atoms with E-state index in [0.717, 1.165) is 50.7 Å². The van der Waals surface area contributed by atoms with E-state index in [2.05, 4.69) is 47.9 Å². The van der Waals surface area contributed by atoms with E-state index >= 15 is 0 Å². The van der Waals surface area contributed by atoms with Crippen LogP contribution in [0, 0.1) is 0 Å². The zero-order chi connectivity index (χ0) is 15.2. The lowest BCUT2D eigenvalue weighted by Crippen LogP contribution is -2.42. The minimum atomic E-state index is 0.446. The quantitative estimate of drug-likeness (QED) is 0.510. The number of hydrogen-bond donors (Lipinski definition) is 2. The molecule has 1 unspecified atom stereocenters. The first-order valence-electron chi connectivity index (χ1n) is 8.28. The summed E-state index contributed by atoms with van der Waals surface area (Å²) in [7, 11) is 0. The van der Waals surface area contributed by atoms with Gasteiger partial charge in [-0.15, -0.1) is 0 Å². The van der Waals surface area contributed by atoms with E-state index in [4.69, 9.17) is 9.73 Å². The van der Waals surface area contributed by atoms with E-state index < -0.39 is 0 Å². The number of guanidine groups is 1. The molecule has 0 saturated heterocycles. The molecule has 0 amide bonds. The van der Waals surface area contributed by atoms with Crippen LogP contribution in [0.25, 0.3) is 0 Å².